The molecule has 0 saturated carbocycles. The maximum Gasteiger partial charge on any atom is 0.253 e. The molecule has 0 aromatic heterocycles. The molecule has 1 atom stereocenters. The van der Waals surface area contributed by atoms with Crippen LogP contribution < -0.4 is 5.32 Å². The van der Waals surface area contributed by atoms with Crippen molar-refractivity contribution >= 4 is 31.7 Å². The van der Waals surface area contributed by atoms with E-state index >= 15 is 0 Å². The van der Waals surface area contributed by atoms with Crippen molar-refractivity contribution in [3.8, 4) is 0 Å². The summed E-state index contributed by atoms with van der Waals surface area (Å²) in [6, 6.07) is 13.5. The molecule has 0 saturated heterocycles. The summed E-state index contributed by atoms with van der Waals surface area (Å²) >= 11 is 3.44. The summed E-state index contributed by atoms with van der Waals surface area (Å²) in [6.45, 7) is 1.85. The third-order valence-electron chi connectivity index (χ3n) is 3.25. The molecule has 0 spiro atoms. The van der Waals surface area contributed by atoms with Crippen molar-refractivity contribution in [1.29, 1.82) is 0 Å². The molecule has 0 aliphatic rings. The quantitative estimate of drug-likeness (QED) is 0.882. The molecule has 0 aliphatic carbocycles. The van der Waals surface area contributed by atoms with E-state index in [0.717, 1.165) is 16.3 Å². The second kappa shape index (κ2) is 6.62. The maximum absolute atomic E-state index is 12.4. The Hall–Kier alpha value is -1.66. The van der Waals surface area contributed by atoms with E-state index in [1.165, 1.54) is 12.1 Å². The van der Waals surface area contributed by atoms with Gasteiger partial charge < -0.3 is 5.32 Å². The molecule has 2 aromatic rings. The van der Waals surface area contributed by atoms with Gasteiger partial charge in [0.15, 0.2) is 9.84 Å². The molecule has 4 nitrogen and oxygen atoms in total. The van der Waals surface area contributed by atoms with E-state index in [1.807, 2.05) is 31.2 Å². The Morgan fingerprint density at radius 2 is 1.68 bits per heavy atom. The Morgan fingerprint density at radius 3 is 2.32 bits per heavy atom. The van der Waals surface area contributed by atoms with Crippen LogP contribution in [0.25, 0.3) is 0 Å². The Kier molecular flexibility index (Phi) is 5.03. The normalized spacial score (nSPS) is 12.7. The van der Waals surface area contributed by atoms with Gasteiger partial charge in [0.2, 0.25) is 0 Å². The van der Waals surface area contributed by atoms with Gasteiger partial charge in [-0.3, -0.25) is 4.79 Å². The predicted molar refractivity (Wildman–Crippen MR) is 89.6 cm³/mol. The van der Waals surface area contributed by atoms with E-state index in [2.05, 4.69) is 21.2 Å². The summed E-state index contributed by atoms with van der Waals surface area (Å²) in [5.41, 5.74) is 1.08. The topological polar surface area (TPSA) is 63.2 Å². The number of hydrogen-bond acceptors (Lipinski definition) is 3. The summed E-state index contributed by atoms with van der Waals surface area (Å²) in [5.74, 6) is -0.413. The smallest absolute Gasteiger partial charge is 0.253 e. The van der Waals surface area contributed by atoms with E-state index < -0.39 is 15.7 Å². The Morgan fingerprint density at radius 1 is 1.09 bits per heavy atom. The molecule has 2 aromatic carbocycles. The van der Waals surface area contributed by atoms with E-state index in [0.29, 0.717) is 0 Å². The van der Waals surface area contributed by atoms with Crippen LogP contribution in [0.3, 0.4) is 0 Å². The second-order valence-electron chi connectivity index (χ2n) is 4.98. The van der Waals surface area contributed by atoms with Crippen molar-refractivity contribution in [1.82, 2.24) is 5.32 Å². The van der Waals surface area contributed by atoms with E-state index in [4.69, 9.17) is 0 Å². The first-order chi connectivity index (χ1) is 10.3. The lowest BCUT2D eigenvalue weighted by molar-refractivity contribution is 0.0936. The zero-order chi connectivity index (χ0) is 16.3. The number of halogens is 1. The minimum Gasteiger partial charge on any atom is -0.345 e. The molecule has 0 bridgehead atoms. The fourth-order valence-electron chi connectivity index (χ4n) is 2.16. The molecule has 0 aliphatic heterocycles. The van der Waals surface area contributed by atoms with Crippen molar-refractivity contribution < 1.29 is 13.2 Å². The van der Waals surface area contributed by atoms with Crippen LogP contribution in [0.1, 0.15) is 28.9 Å². The molecule has 2 rings (SSSR count). The predicted octanol–water partition coefficient (Wildman–Crippen LogP) is 3.34. The van der Waals surface area contributed by atoms with Crippen LogP contribution in [0.2, 0.25) is 0 Å². The average molecular weight is 382 g/mol. The molecule has 0 heterocycles. The van der Waals surface area contributed by atoms with Crippen LogP contribution in [-0.2, 0) is 9.84 Å². The molecular formula is C16H16BrNO3S. The fraction of sp³-hybridized carbons (Fsp3) is 0.188. The molecule has 0 radical (unpaired) electrons. The highest BCUT2D eigenvalue weighted by atomic mass is 79.9. The Bertz CT molecular complexity index is 803. The lowest BCUT2D eigenvalue weighted by Gasteiger charge is -2.17. The third kappa shape index (κ3) is 3.75. The average Bonchev–Trinajstić information content (AvgIpc) is 2.46. The van der Waals surface area contributed by atoms with Gasteiger partial charge in [0.25, 0.3) is 5.91 Å². The largest absolute Gasteiger partial charge is 0.345 e. The standard InChI is InChI=1S/C16H16BrNO3S/c1-11(12-7-3-5-9-14(12)17)18-16(19)13-8-4-6-10-15(13)22(2,20)21/h3-11H,1-2H3,(H,18,19)/t11-/m1/s1. The summed E-state index contributed by atoms with van der Waals surface area (Å²) in [6.07, 6.45) is 1.09. The number of nitrogens with one attached hydrogen (secondary N) is 1. The number of carbonyl (C=O) groups excluding carboxylic acids is 1. The minimum absolute atomic E-state index is 0.0341. The van der Waals surface area contributed by atoms with Gasteiger partial charge in [-0.05, 0) is 30.7 Å². The zero-order valence-electron chi connectivity index (χ0n) is 12.2. The Balaban J connectivity index is 2.29. The molecule has 22 heavy (non-hydrogen) atoms. The van der Waals surface area contributed by atoms with Crippen LogP contribution in [0.5, 0.6) is 0 Å². The summed E-state index contributed by atoms with van der Waals surface area (Å²) in [5, 5.41) is 2.83. The summed E-state index contributed by atoms with van der Waals surface area (Å²) in [4.78, 5) is 12.5. The molecule has 116 valence electrons. The lowest BCUT2D eigenvalue weighted by Crippen LogP contribution is -2.28. The first-order valence-corrected chi connectivity index (χ1v) is 9.33. The van der Waals surface area contributed by atoms with E-state index in [9.17, 15) is 13.2 Å². The van der Waals surface area contributed by atoms with Crippen molar-refractivity contribution in [3.05, 3.63) is 64.1 Å². The van der Waals surface area contributed by atoms with Crippen LogP contribution >= 0.6 is 15.9 Å². The highest BCUT2D eigenvalue weighted by molar-refractivity contribution is 9.10. The number of sulfone groups is 1. The zero-order valence-corrected chi connectivity index (χ0v) is 14.6. The van der Waals surface area contributed by atoms with Gasteiger partial charge in [0.1, 0.15) is 0 Å². The minimum atomic E-state index is -3.46. The fourth-order valence-corrected chi connectivity index (χ4v) is 3.67. The van der Waals surface area contributed by atoms with E-state index in [-0.39, 0.29) is 16.5 Å². The number of rotatable bonds is 4. The van der Waals surface area contributed by atoms with Gasteiger partial charge in [-0.25, -0.2) is 8.42 Å². The van der Waals surface area contributed by atoms with Gasteiger partial charge in [0, 0.05) is 10.7 Å². The molecule has 1 amide bonds. The van der Waals surface area contributed by atoms with Gasteiger partial charge in [0.05, 0.1) is 16.5 Å². The number of amides is 1. The van der Waals surface area contributed by atoms with Crippen molar-refractivity contribution in [2.45, 2.75) is 17.9 Å². The summed E-state index contributed by atoms with van der Waals surface area (Å²) in [7, 11) is -3.46. The third-order valence-corrected chi connectivity index (χ3v) is 5.13. The van der Waals surface area contributed by atoms with Crippen LogP contribution in [0, 0.1) is 0 Å². The first-order valence-electron chi connectivity index (χ1n) is 6.65. The van der Waals surface area contributed by atoms with Crippen molar-refractivity contribution in [2.24, 2.45) is 0 Å². The maximum atomic E-state index is 12.4. The van der Waals surface area contributed by atoms with Gasteiger partial charge in [-0.1, -0.05) is 46.3 Å². The van der Waals surface area contributed by atoms with Gasteiger partial charge >= 0.3 is 0 Å². The van der Waals surface area contributed by atoms with Gasteiger partial charge in [-0.15, -0.1) is 0 Å². The summed E-state index contributed by atoms with van der Waals surface area (Å²) < 4.78 is 24.4. The van der Waals surface area contributed by atoms with Crippen LogP contribution in [0.15, 0.2) is 57.9 Å². The highest BCUT2D eigenvalue weighted by Crippen LogP contribution is 2.23. The Labute approximate surface area is 138 Å². The molecule has 0 unspecified atom stereocenters. The van der Waals surface area contributed by atoms with Gasteiger partial charge in [-0.2, -0.15) is 0 Å². The molecule has 0 fully saturated rings. The molecular weight excluding hydrogens is 366 g/mol. The number of benzene rings is 2. The molecule has 6 heteroatoms. The first kappa shape index (κ1) is 16.7. The monoisotopic (exact) mass is 381 g/mol. The van der Waals surface area contributed by atoms with E-state index in [1.54, 1.807) is 12.1 Å². The van der Waals surface area contributed by atoms with Crippen LogP contribution in [0.4, 0.5) is 0 Å². The van der Waals surface area contributed by atoms with Crippen molar-refractivity contribution in [2.75, 3.05) is 6.26 Å². The number of hydrogen-bond donors (Lipinski definition) is 1. The van der Waals surface area contributed by atoms with Crippen molar-refractivity contribution in [3.63, 3.8) is 0 Å². The number of carbonyl (C=O) groups is 1. The lowest BCUT2D eigenvalue weighted by atomic mass is 10.1. The highest BCUT2D eigenvalue weighted by Gasteiger charge is 2.20. The SMILES string of the molecule is C[C@@H](NC(=O)c1ccccc1S(C)(=O)=O)c1ccccc1Br. The second-order valence-corrected chi connectivity index (χ2v) is 7.82. The van der Waals surface area contributed by atoms with Crippen LogP contribution in [-0.4, -0.2) is 20.6 Å². The molecule has 1 N–H and O–H groups in total.